The molecule has 4 aliphatic heterocycles. The summed E-state index contributed by atoms with van der Waals surface area (Å²) in [5, 5.41) is 32.2. The van der Waals surface area contributed by atoms with Crippen LogP contribution < -0.4 is 25.7 Å². The number of halogens is 5. The number of amides is 2. The quantitative estimate of drug-likeness (QED) is 0.0497. The number of nitro groups is 1. The van der Waals surface area contributed by atoms with Gasteiger partial charge in [0.2, 0.25) is 0 Å². The second-order valence-corrected chi connectivity index (χ2v) is 36.7. The number of hydrogen-bond donors (Lipinski definition) is 2. The van der Waals surface area contributed by atoms with E-state index in [0.29, 0.717) is 67.3 Å². The maximum absolute atomic E-state index is 14.7. The lowest BCUT2D eigenvalue weighted by Gasteiger charge is -2.33. The summed E-state index contributed by atoms with van der Waals surface area (Å²) in [6, 6.07) is 24.5. The highest BCUT2D eigenvalue weighted by molar-refractivity contribution is 9.10. The van der Waals surface area contributed by atoms with Crippen LogP contribution >= 0.6 is 31.9 Å². The van der Waals surface area contributed by atoms with Crippen molar-refractivity contribution in [1.29, 1.82) is 0 Å². The lowest BCUT2D eigenvalue weighted by Crippen LogP contribution is -2.44. The van der Waals surface area contributed by atoms with Crippen molar-refractivity contribution in [2.24, 2.45) is 0 Å². The largest absolute Gasteiger partial charge is 0.494 e. The van der Waals surface area contributed by atoms with Crippen LogP contribution in [0.1, 0.15) is 215 Å². The Morgan fingerprint density at radius 2 is 0.877 bits per heavy atom. The molecular weight excluding hydrogens is 1610 g/mol. The number of nitrogens with zero attached hydrogens (tertiary/aromatic N) is 7. The van der Waals surface area contributed by atoms with Crippen molar-refractivity contribution >= 4 is 115 Å². The van der Waals surface area contributed by atoms with E-state index >= 15 is 0 Å². The Bertz CT molecular complexity index is 4480. The van der Waals surface area contributed by atoms with Crippen molar-refractivity contribution in [3.63, 3.8) is 0 Å². The van der Waals surface area contributed by atoms with Gasteiger partial charge in [0.05, 0.1) is 68.1 Å². The van der Waals surface area contributed by atoms with Crippen molar-refractivity contribution in [1.82, 2.24) is 29.4 Å². The first kappa shape index (κ1) is 93.2. The summed E-state index contributed by atoms with van der Waals surface area (Å²) < 4.78 is 103. The Morgan fingerprint density at radius 1 is 0.526 bits per heavy atom. The van der Waals surface area contributed by atoms with Gasteiger partial charge < -0.3 is 67.3 Å². The molecule has 0 saturated carbocycles. The highest BCUT2D eigenvalue weighted by Gasteiger charge is 2.53. The molecule has 25 nitrogen and oxygen atoms in total. The number of nitro benzene ring substituents is 1. The fraction of sp³-hybridized carbons (Fsp3) is 0.561. The van der Waals surface area contributed by atoms with Crippen LogP contribution in [0.3, 0.4) is 0 Å². The molecule has 4 fully saturated rings. The topological polar surface area (TPSA) is 278 Å². The first-order chi connectivity index (χ1) is 52.6. The molecule has 4 aliphatic rings. The zero-order chi connectivity index (χ0) is 85.3. The van der Waals surface area contributed by atoms with Gasteiger partial charge in [-0.2, -0.15) is 19.6 Å². The number of anilines is 1. The van der Waals surface area contributed by atoms with Gasteiger partial charge in [0.1, 0.15) is 34.6 Å². The second-order valence-electron chi connectivity index (χ2n) is 34.9. The number of ether oxygens (including phenoxy) is 6. The highest BCUT2D eigenvalue weighted by atomic mass is 79.9. The van der Waals surface area contributed by atoms with Crippen molar-refractivity contribution in [3.8, 4) is 11.5 Å². The van der Waals surface area contributed by atoms with Gasteiger partial charge in [0.25, 0.3) is 5.69 Å². The molecule has 2 amide bonds. The number of fused-ring (bicyclic) bond motifs is 2. The molecule has 0 unspecified atom stereocenters. The summed E-state index contributed by atoms with van der Waals surface area (Å²) in [6.07, 6.45) is 0.761. The number of likely N-dealkylation sites (tertiary alicyclic amines) is 2. The highest BCUT2D eigenvalue weighted by Crippen LogP contribution is 2.39. The number of aromatic nitrogens is 4. The fourth-order valence-electron chi connectivity index (χ4n) is 11.7. The van der Waals surface area contributed by atoms with Crippen LogP contribution in [0, 0.1) is 27.6 Å². The summed E-state index contributed by atoms with van der Waals surface area (Å²) >= 11 is 6.65. The first-order valence-corrected chi connectivity index (χ1v) is 39.9. The maximum atomic E-state index is 14.7. The lowest BCUT2D eigenvalue weighted by molar-refractivity contribution is -0.385. The predicted octanol–water partition coefficient (Wildman–Crippen LogP) is 18.4. The minimum Gasteiger partial charge on any atom is -0.487 e. The Labute approximate surface area is 685 Å². The number of non-ortho nitro benzene ring substituents is 1. The average molecular weight is 1720 g/mol. The Balaban J connectivity index is 0.000000201. The van der Waals surface area contributed by atoms with Crippen molar-refractivity contribution in [2.45, 2.75) is 261 Å². The third-order valence-corrected chi connectivity index (χ3v) is 19.9. The molecule has 624 valence electrons. The van der Waals surface area contributed by atoms with Crippen LogP contribution in [0.2, 0.25) is 0 Å². The van der Waals surface area contributed by atoms with E-state index in [1.165, 1.54) is 33.6 Å². The molecule has 11 rings (SSSR count). The second kappa shape index (κ2) is 37.5. The van der Waals surface area contributed by atoms with E-state index in [4.69, 9.17) is 52.1 Å². The molecule has 114 heavy (non-hydrogen) atoms. The number of benzene rings is 5. The van der Waals surface area contributed by atoms with E-state index in [1.54, 1.807) is 34.1 Å². The summed E-state index contributed by atoms with van der Waals surface area (Å²) in [6.45, 7) is 48.5. The van der Waals surface area contributed by atoms with Gasteiger partial charge in [-0.3, -0.25) is 10.1 Å². The minimum atomic E-state index is -0.701. The van der Waals surface area contributed by atoms with Gasteiger partial charge >= 0.3 is 38.6 Å². The number of aliphatic hydroxyl groups excluding tert-OH is 1. The number of rotatable bonds is 12. The molecule has 2 N–H and O–H groups in total. The molecule has 0 bridgehead atoms. The number of nitrogens with one attached hydrogen (secondary N) is 1. The van der Waals surface area contributed by atoms with Crippen molar-refractivity contribution in [2.75, 3.05) is 44.6 Å². The van der Waals surface area contributed by atoms with E-state index in [1.807, 2.05) is 175 Å². The van der Waals surface area contributed by atoms with Gasteiger partial charge in [-0.15, -0.1) is 0 Å². The molecular formula is C82H113B2Br2F3N8O17. The molecule has 4 saturated heterocycles. The average Bonchev–Trinajstić information content (AvgIpc) is 1.61. The molecule has 6 heterocycles. The zero-order valence-electron chi connectivity index (χ0n) is 70.2. The molecule has 7 aromatic rings. The number of aliphatic hydroxyl groups is 1. The van der Waals surface area contributed by atoms with Gasteiger partial charge in [-0.05, 0) is 222 Å². The van der Waals surface area contributed by atoms with Crippen LogP contribution in [0.25, 0.3) is 21.8 Å². The van der Waals surface area contributed by atoms with E-state index in [2.05, 4.69) is 75.1 Å². The number of carbonyl (C=O) groups excluding carboxylic acids is 4. The number of piperidine rings is 2. The molecule has 0 spiro atoms. The molecule has 0 radical (unpaired) electrons. The van der Waals surface area contributed by atoms with Crippen molar-refractivity contribution < 1.29 is 89.4 Å². The summed E-state index contributed by atoms with van der Waals surface area (Å²) in [4.78, 5) is 62.1. The normalized spacial score (nSPS) is 16.8. The summed E-state index contributed by atoms with van der Waals surface area (Å²) in [5.74, 6) is -0.672. The predicted molar refractivity (Wildman–Crippen MR) is 442 cm³/mol. The van der Waals surface area contributed by atoms with E-state index < -0.39 is 87.8 Å². The monoisotopic (exact) mass is 1720 g/mol. The summed E-state index contributed by atoms with van der Waals surface area (Å²) in [7, 11) is -1.12. The standard InChI is InChI=1S/C22H33BFNO5.C21H31BN2O4.C16H21BrFNO3.C15H19BrN2O2.C8H9FN2O3/c1-20(2,3)28-19(26)25-12-10-16(11-13-25)27-18-9-8-15(14-17(18)24)23-29-21(4,5)22(6,7)30-23;1-13(2)17-15-11-10-14(22-27-20(6,7)21(8,9)28-22)12-16(15)24(23-17)18(25)26-19(3,4)5;1-16(2,3)22-15(20)19-8-6-12(7-9-19)21-14-5-4-11(17)10-13(14)18;1-9(2)13-11-7-6-10(16)8-12(11)18(17-13)14(19)20-15(3,4)5;9-7-5-6(11(13)14)1-2-8(7)10-3-4-12/h8-9,14,16H,10-13H2,1-7H3;10-13H,1-9H3;4-5,10,12H,6-9H2,1-3H3;6-9H,1-5H3;1-2,5,10,12H,3-4H2. The smallest absolute Gasteiger partial charge is 0.487 e. The molecule has 2 aromatic heterocycles. The van der Waals surface area contributed by atoms with Gasteiger partial charge in [-0.25, -0.2) is 32.3 Å². The third kappa shape index (κ3) is 25.7. The Morgan fingerprint density at radius 3 is 1.25 bits per heavy atom. The van der Waals surface area contributed by atoms with Crippen LogP contribution in [-0.4, -0.2) is 174 Å². The van der Waals surface area contributed by atoms with E-state index in [0.717, 1.165) is 43.7 Å². The van der Waals surface area contributed by atoms with Crippen LogP contribution in [-0.2, 0) is 37.6 Å². The summed E-state index contributed by atoms with van der Waals surface area (Å²) in [5.41, 5.74) is 0.570. The fourth-order valence-corrected chi connectivity index (χ4v) is 12.4. The molecule has 5 aromatic carbocycles. The van der Waals surface area contributed by atoms with Gasteiger partial charge in [-0.1, -0.05) is 77.8 Å². The molecule has 0 atom stereocenters. The van der Waals surface area contributed by atoms with Gasteiger partial charge in [0, 0.05) is 84.2 Å². The van der Waals surface area contributed by atoms with Crippen molar-refractivity contribution in [3.05, 3.63) is 139 Å². The zero-order valence-corrected chi connectivity index (χ0v) is 73.4. The SMILES string of the molecule is CC(C)(C)OC(=O)N1CCC(Oc2ccc(B3OC(C)(C)C(C)(C)O3)cc2F)CC1.CC(C)(C)OC(=O)N1CCC(Oc2ccc(Br)cc2F)CC1.CC(C)c1nn(C(=O)OC(C)(C)C)c2cc(B3OC(C)(C)C(C)(C)O3)ccc12.CC(C)c1nn(C(=O)OC(C)(C)C)c2cc(Br)ccc12.O=[N+]([O-])c1ccc(NCCO)c(F)c1. The molecule has 32 heteroatoms. The third-order valence-electron chi connectivity index (χ3n) is 18.9. The minimum absolute atomic E-state index is 0.0886. The first-order valence-electron chi connectivity index (χ1n) is 38.3. The maximum Gasteiger partial charge on any atom is 0.494 e. The van der Waals surface area contributed by atoms with Crippen LogP contribution in [0.5, 0.6) is 11.5 Å². The Kier molecular flexibility index (Phi) is 30.7. The molecule has 0 aliphatic carbocycles. The van der Waals surface area contributed by atoms with E-state index in [9.17, 15) is 42.5 Å². The van der Waals surface area contributed by atoms with Crippen LogP contribution in [0.15, 0.2) is 99.9 Å². The number of carbonyl (C=O) groups is 4. The lowest BCUT2D eigenvalue weighted by atomic mass is 9.78. The van der Waals surface area contributed by atoms with E-state index in [-0.39, 0.29) is 78.1 Å². The number of hydrogen-bond acceptors (Lipinski definition) is 20. The van der Waals surface area contributed by atoms with Crippen LogP contribution in [0.4, 0.5) is 43.7 Å². The Hall–Kier alpha value is -8.00. The van der Waals surface area contributed by atoms with Gasteiger partial charge in [0.15, 0.2) is 29.0 Å².